The quantitative estimate of drug-likeness (QED) is 0.299. The second kappa shape index (κ2) is 10.8. The van der Waals surface area contributed by atoms with E-state index in [4.69, 9.17) is 16.3 Å². The van der Waals surface area contributed by atoms with Crippen molar-refractivity contribution in [3.8, 4) is 5.75 Å². The van der Waals surface area contributed by atoms with E-state index in [0.29, 0.717) is 35.9 Å². The van der Waals surface area contributed by atoms with Crippen LogP contribution in [0.3, 0.4) is 0 Å². The van der Waals surface area contributed by atoms with E-state index in [1.54, 1.807) is 23.1 Å². The smallest absolute Gasteiger partial charge is 0.295 e. The normalized spacial score (nSPS) is 17.9. The SMILES string of the molecule is CCOc1ccc(/C(O)=C2\C(=O)C(=O)N(CCCN(C)C)[C@H]2c2ccc(C(C)(C)C)cc2)cc1Cl. The number of aliphatic hydroxyl groups excluding tert-OH is 1. The maximum absolute atomic E-state index is 13.2. The number of aliphatic hydroxyl groups is 1. The van der Waals surface area contributed by atoms with E-state index >= 15 is 0 Å². The molecule has 0 aromatic heterocycles. The Labute approximate surface area is 213 Å². The molecular weight excluding hydrogens is 464 g/mol. The van der Waals surface area contributed by atoms with E-state index in [0.717, 1.165) is 17.7 Å². The molecule has 1 saturated heterocycles. The molecule has 1 heterocycles. The minimum Gasteiger partial charge on any atom is -0.507 e. The molecule has 1 amide bonds. The Balaban J connectivity index is 2.10. The fourth-order valence-electron chi connectivity index (χ4n) is 4.26. The number of benzene rings is 2. The van der Waals surface area contributed by atoms with Gasteiger partial charge in [0, 0.05) is 12.1 Å². The van der Waals surface area contributed by atoms with Crippen molar-refractivity contribution in [2.75, 3.05) is 33.8 Å². The molecule has 188 valence electrons. The van der Waals surface area contributed by atoms with Crippen molar-refractivity contribution < 1.29 is 19.4 Å². The highest BCUT2D eigenvalue weighted by molar-refractivity contribution is 6.46. The number of amides is 1. The van der Waals surface area contributed by atoms with E-state index < -0.39 is 17.7 Å². The third-order valence-corrected chi connectivity index (χ3v) is 6.44. The van der Waals surface area contributed by atoms with Crippen LogP contribution in [0.4, 0.5) is 0 Å². The monoisotopic (exact) mass is 498 g/mol. The first kappa shape index (κ1) is 26.8. The Kier molecular flexibility index (Phi) is 8.29. The molecule has 2 aromatic rings. The molecule has 0 saturated carbocycles. The number of hydrogen-bond acceptors (Lipinski definition) is 5. The lowest BCUT2D eigenvalue weighted by molar-refractivity contribution is -0.139. The molecule has 6 nitrogen and oxygen atoms in total. The first-order valence-corrected chi connectivity index (χ1v) is 12.3. The van der Waals surface area contributed by atoms with Crippen molar-refractivity contribution in [3.05, 3.63) is 69.8 Å². The predicted molar refractivity (Wildman–Crippen MR) is 140 cm³/mol. The fraction of sp³-hybridized carbons (Fsp3) is 0.429. The van der Waals surface area contributed by atoms with Gasteiger partial charge in [0.15, 0.2) is 0 Å². The highest BCUT2D eigenvalue weighted by atomic mass is 35.5. The minimum absolute atomic E-state index is 0.0366. The number of ether oxygens (including phenoxy) is 1. The summed E-state index contributed by atoms with van der Waals surface area (Å²) in [6, 6.07) is 12.1. The number of likely N-dealkylation sites (tertiary alicyclic amines) is 1. The Hall–Kier alpha value is -2.83. The Bertz CT molecular complexity index is 1120. The first-order chi connectivity index (χ1) is 16.5. The highest BCUT2D eigenvalue weighted by Crippen LogP contribution is 2.41. The lowest BCUT2D eigenvalue weighted by atomic mass is 9.85. The summed E-state index contributed by atoms with van der Waals surface area (Å²) in [7, 11) is 3.93. The number of ketones is 1. The molecule has 2 aromatic carbocycles. The molecule has 35 heavy (non-hydrogen) atoms. The molecule has 1 aliphatic heterocycles. The van der Waals surface area contributed by atoms with Gasteiger partial charge in [-0.25, -0.2) is 0 Å². The lowest BCUT2D eigenvalue weighted by Crippen LogP contribution is -2.32. The number of nitrogens with zero attached hydrogens (tertiary/aromatic N) is 2. The van der Waals surface area contributed by atoms with Crippen LogP contribution in [-0.2, 0) is 15.0 Å². The summed E-state index contributed by atoms with van der Waals surface area (Å²) >= 11 is 6.34. The number of hydrogen-bond donors (Lipinski definition) is 1. The highest BCUT2D eigenvalue weighted by Gasteiger charge is 2.45. The van der Waals surface area contributed by atoms with Crippen LogP contribution in [0.2, 0.25) is 5.02 Å². The van der Waals surface area contributed by atoms with E-state index in [1.165, 1.54) is 0 Å². The maximum Gasteiger partial charge on any atom is 0.295 e. The van der Waals surface area contributed by atoms with Crippen molar-refractivity contribution >= 4 is 29.1 Å². The van der Waals surface area contributed by atoms with Crippen molar-refractivity contribution in [2.45, 2.75) is 45.6 Å². The summed E-state index contributed by atoms with van der Waals surface area (Å²) in [5.41, 5.74) is 2.32. The van der Waals surface area contributed by atoms with Crippen molar-refractivity contribution in [1.82, 2.24) is 9.80 Å². The van der Waals surface area contributed by atoms with Crippen LogP contribution in [0.5, 0.6) is 5.75 Å². The predicted octanol–water partition coefficient (Wildman–Crippen LogP) is 5.41. The van der Waals surface area contributed by atoms with Crippen molar-refractivity contribution in [2.24, 2.45) is 0 Å². The number of carbonyl (C=O) groups is 2. The average molecular weight is 499 g/mol. The molecule has 1 aliphatic rings. The molecule has 0 radical (unpaired) electrons. The van der Waals surface area contributed by atoms with Gasteiger partial charge < -0.3 is 19.6 Å². The molecule has 0 unspecified atom stereocenters. The largest absolute Gasteiger partial charge is 0.507 e. The van der Waals surface area contributed by atoms with Crippen LogP contribution >= 0.6 is 11.6 Å². The summed E-state index contributed by atoms with van der Waals surface area (Å²) in [4.78, 5) is 29.9. The van der Waals surface area contributed by atoms with Crippen molar-refractivity contribution in [3.63, 3.8) is 0 Å². The molecule has 0 spiro atoms. The van der Waals surface area contributed by atoms with Gasteiger partial charge in [-0.05, 0) is 68.7 Å². The number of rotatable bonds is 8. The Morgan fingerprint density at radius 1 is 1.11 bits per heavy atom. The first-order valence-electron chi connectivity index (χ1n) is 11.9. The Morgan fingerprint density at radius 2 is 1.77 bits per heavy atom. The topological polar surface area (TPSA) is 70.1 Å². The summed E-state index contributed by atoms with van der Waals surface area (Å²) in [5.74, 6) is -1.05. The van der Waals surface area contributed by atoms with Gasteiger partial charge in [-0.2, -0.15) is 0 Å². The fourth-order valence-corrected chi connectivity index (χ4v) is 4.49. The third kappa shape index (κ3) is 5.88. The third-order valence-electron chi connectivity index (χ3n) is 6.14. The van der Waals surface area contributed by atoms with Gasteiger partial charge in [0.1, 0.15) is 11.5 Å². The summed E-state index contributed by atoms with van der Waals surface area (Å²) < 4.78 is 5.48. The van der Waals surface area contributed by atoms with Crippen LogP contribution in [0.25, 0.3) is 5.76 Å². The minimum atomic E-state index is -0.692. The summed E-state index contributed by atoms with van der Waals surface area (Å²) in [6.45, 7) is 9.87. The average Bonchev–Trinajstić information content (AvgIpc) is 3.04. The molecular formula is C28H35ClN2O4. The standard InChI is InChI=1S/C28H35ClN2O4/c1-7-35-22-14-11-19(17-21(22)29)25(32)23-24(18-9-12-20(13-10-18)28(2,3)4)31(27(34)26(23)33)16-8-15-30(5)6/h9-14,17,24,32H,7-8,15-16H2,1-6H3/b25-23+/t24-/m0/s1. The summed E-state index contributed by atoms with van der Waals surface area (Å²) in [5, 5.41) is 11.6. The van der Waals surface area contributed by atoms with Gasteiger partial charge in [0.05, 0.1) is 23.2 Å². The van der Waals surface area contributed by atoms with E-state index in [9.17, 15) is 14.7 Å². The molecule has 0 bridgehead atoms. The van der Waals surface area contributed by atoms with Crippen LogP contribution in [0.15, 0.2) is 48.0 Å². The van der Waals surface area contributed by atoms with Gasteiger partial charge in [-0.15, -0.1) is 0 Å². The molecule has 1 atom stereocenters. The molecule has 1 fully saturated rings. The molecule has 7 heteroatoms. The number of carbonyl (C=O) groups excluding carboxylic acids is 2. The van der Waals surface area contributed by atoms with Crippen molar-refractivity contribution in [1.29, 1.82) is 0 Å². The number of Topliss-reactive ketones (excluding diaryl/α,β-unsaturated/α-hetero) is 1. The van der Waals surface area contributed by atoms with Crippen LogP contribution in [-0.4, -0.2) is 60.4 Å². The van der Waals surface area contributed by atoms with Gasteiger partial charge in [0.25, 0.3) is 11.7 Å². The van der Waals surface area contributed by atoms with E-state index in [-0.39, 0.29) is 16.7 Å². The van der Waals surface area contributed by atoms with Crippen LogP contribution < -0.4 is 4.74 Å². The zero-order valence-electron chi connectivity index (χ0n) is 21.4. The van der Waals surface area contributed by atoms with Crippen LogP contribution in [0.1, 0.15) is 56.8 Å². The molecule has 0 aliphatic carbocycles. The lowest BCUT2D eigenvalue weighted by Gasteiger charge is -2.27. The Morgan fingerprint density at radius 3 is 2.31 bits per heavy atom. The zero-order valence-corrected chi connectivity index (χ0v) is 22.1. The summed E-state index contributed by atoms with van der Waals surface area (Å²) in [6.07, 6.45) is 0.700. The molecule has 3 rings (SSSR count). The molecule has 1 N–H and O–H groups in total. The second-order valence-electron chi connectivity index (χ2n) is 10.1. The maximum atomic E-state index is 13.2. The van der Waals surface area contributed by atoms with E-state index in [1.807, 2.05) is 50.2 Å². The number of halogens is 1. The van der Waals surface area contributed by atoms with E-state index in [2.05, 4.69) is 20.8 Å². The van der Waals surface area contributed by atoms with Gasteiger partial charge in [-0.3, -0.25) is 9.59 Å². The second-order valence-corrected chi connectivity index (χ2v) is 10.5. The zero-order chi connectivity index (χ0) is 25.9. The van der Waals surface area contributed by atoms with Crippen LogP contribution in [0, 0.1) is 0 Å². The van der Waals surface area contributed by atoms with Gasteiger partial charge >= 0.3 is 0 Å². The van der Waals surface area contributed by atoms with Gasteiger partial charge in [0.2, 0.25) is 0 Å². The van der Waals surface area contributed by atoms with Gasteiger partial charge in [-0.1, -0.05) is 56.6 Å².